The fourth-order valence-electron chi connectivity index (χ4n) is 1.68. The normalized spacial score (nSPS) is 10.4. The molecule has 0 aliphatic heterocycles. The first-order chi connectivity index (χ1) is 8.65. The molecule has 0 heterocycles. The number of rotatable bonds is 8. The predicted molar refractivity (Wildman–Crippen MR) is 70.5 cm³/mol. The van der Waals surface area contributed by atoms with Crippen LogP contribution in [0.4, 0.5) is 4.39 Å². The maximum atomic E-state index is 13.5. The summed E-state index contributed by atoms with van der Waals surface area (Å²) in [7, 11) is -1.65. The number of unbranched alkanes of at least 4 members (excludes halogenated alkanes) is 4. The van der Waals surface area contributed by atoms with Crippen molar-refractivity contribution in [2.24, 2.45) is 0 Å². The van der Waals surface area contributed by atoms with Crippen molar-refractivity contribution in [1.82, 2.24) is 0 Å². The highest BCUT2D eigenvalue weighted by atomic mass is 19.1. The number of halogens is 1. The second-order valence-corrected chi connectivity index (χ2v) is 4.33. The van der Waals surface area contributed by atoms with Gasteiger partial charge in [0.1, 0.15) is 0 Å². The number of hydrogen-bond acceptors (Lipinski definition) is 3. The van der Waals surface area contributed by atoms with Crippen LogP contribution < -0.4 is 10.2 Å². The fourth-order valence-corrected chi connectivity index (χ4v) is 1.68. The second kappa shape index (κ2) is 8.11. The molecule has 2 N–H and O–H groups in total. The van der Waals surface area contributed by atoms with E-state index < -0.39 is 12.9 Å². The molecule has 100 valence electrons. The van der Waals surface area contributed by atoms with Gasteiger partial charge < -0.3 is 14.8 Å². The highest BCUT2D eigenvalue weighted by Crippen LogP contribution is 2.15. The molecule has 0 atom stereocenters. The third-order valence-electron chi connectivity index (χ3n) is 2.76. The summed E-state index contributed by atoms with van der Waals surface area (Å²) >= 11 is 0. The van der Waals surface area contributed by atoms with Crippen molar-refractivity contribution < 1.29 is 19.2 Å². The van der Waals surface area contributed by atoms with E-state index in [0.717, 1.165) is 18.9 Å². The van der Waals surface area contributed by atoms with Gasteiger partial charge in [-0.1, -0.05) is 38.7 Å². The van der Waals surface area contributed by atoms with E-state index in [0.29, 0.717) is 6.61 Å². The van der Waals surface area contributed by atoms with Gasteiger partial charge in [-0.3, -0.25) is 0 Å². The summed E-state index contributed by atoms with van der Waals surface area (Å²) in [5.41, 5.74) is 0.128. The van der Waals surface area contributed by atoms with Crippen LogP contribution in [0, 0.1) is 5.82 Å². The summed E-state index contributed by atoms with van der Waals surface area (Å²) in [6.45, 7) is 2.64. The first kappa shape index (κ1) is 15.0. The molecule has 0 unspecified atom stereocenters. The van der Waals surface area contributed by atoms with E-state index in [-0.39, 0.29) is 11.2 Å². The first-order valence-corrected chi connectivity index (χ1v) is 6.43. The molecule has 0 aliphatic rings. The number of ether oxygens (including phenoxy) is 1. The van der Waals surface area contributed by atoms with Crippen LogP contribution in [0.1, 0.15) is 39.0 Å². The van der Waals surface area contributed by atoms with Crippen molar-refractivity contribution in [3.8, 4) is 5.75 Å². The molecule has 0 bridgehead atoms. The Kier molecular flexibility index (Phi) is 6.76. The van der Waals surface area contributed by atoms with Gasteiger partial charge in [-0.15, -0.1) is 0 Å². The van der Waals surface area contributed by atoms with Crippen LogP contribution in [0.3, 0.4) is 0 Å². The summed E-state index contributed by atoms with van der Waals surface area (Å²) in [4.78, 5) is 0. The topological polar surface area (TPSA) is 49.7 Å². The van der Waals surface area contributed by atoms with Gasteiger partial charge in [-0.25, -0.2) is 4.39 Å². The van der Waals surface area contributed by atoms with Gasteiger partial charge >= 0.3 is 7.12 Å². The van der Waals surface area contributed by atoms with E-state index in [2.05, 4.69) is 6.92 Å². The first-order valence-electron chi connectivity index (χ1n) is 6.43. The molecule has 0 aromatic heterocycles. The Morgan fingerprint density at radius 2 is 1.89 bits per heavy atom. The zero-order valence-electron chi connectivity index (χ0n) is 10.7. The molecule has 0 spiro atoms. The molecule has 0 amide bonds. The van der Waals surface area contributed by atoms with Crippen molar-refractivity contribution in [1.29, 1.82) is 0 Å². The summed E-state index contributed by atoms with van der Waals surface area (Å²) in [6.07, 6.45) is 5.59. The average Bonchev–Trinajstić information content (AvgIpc) is 2.35. The van der Waals surface area contributed by atoms with Crippen molar-refractivity contribution >= 4 is 12.6 Å². The Bertz CT molecular complexity index is 358. The van der Waals surface area contributed by atoms with Crippen LogP contribution in [-0.4, -0.2) is 23.8 Å². The molecule has 5 heteroatoms. The van der Waals surface area contributed by atoms with E-state index in [1.54, 1.807) is 0 Å². The van der Waals surface area contributed by atoms with Crippen molar-refractivity contribution in [2.45, 2.75) is 39.0 Å². The van der Waals surface area contributed by atoms with Gasteiger partial charge in [0, 0.05) is 0 Å². The summed E-state index contributed by atoms with van der Waals surface area (Å²) in [5.74, 6) is -0.399. The third kappa shape index (κ3) is 5.06. The van der Waals surface area contributed by atoms with Crippen LogP contribution in [0.25, 0.3) is 0 Å². The van der Waals surface area contributed by atoms with Crippen LogP contribution in [0.5, 0.6) is 5.75 Å². The predicted octanol–water partition coefficient (Wildman–Crippen LogP) is 1.85. The standard InChI is InChI=1S/C13H20BFO3/c1-2-3-4-5-6-9-18-13-8-7-11(14(16)17)10-12(13)15/h7-8,10,16-17H,2-6,9H2,1H3. The van der Waals surface area contributed by atoms with E-state index >= 15 is 0 Å². The number of hydrogen-bond donors (Lipinski definition) is 2. The van der Waals surface area contributed by atoms with Gasteiger partial charge in [0.15, 0.2) is 11.6 Å². The quantitative estimate of drug-likeness (QED) is 0.550. The average molecular weight is 254 g/mol. The van der Waals surface area contributed by atoms with E-state index in [1.165, 1.54) is 31.4 Å². The monoisotopic (exact) mass is 254 g/mol. The Labute approximate surface area is 108 Å². The van der Waals surface area contributed by atoms with Gasteiger partial charge in [0.05, 0.1) is 6.61 Å². The summed E-state index contributed by atoms with van der Waals surface area (Å²) in [5, 5.41) is 17.8. The largest absolute Gasteiger partial charge is 0.491 e. The number of benzene rings is 1. The minimum absolute atomic E-state index is 0.128. The molecule has 1 aromatic carbocycles. The SMILES string of the molecule is CCCCCCCOc1ccc(B(O)O)cc1F. The molecular formula is C13H20BFO3. The summed E-state index contributed by atoms with van der Waals surface area (Å²) < 4.78 is 18.8. The van der Waals surface area contributed by atoms with E-state index in [9.17, 15) is 4.39 Å². The van der Waals surface area contributed by atoms with Crippen LogP contribution in [-0.2, 0) is 0 Å². The highest BCUT2D eigenvalue weighted by Gasteiger charge is 2.13. The molecular weight excluding hydrogens is 234 g/mol. The van der Waals surface area contributed by atoms with E-state index in [4.69, 9.17) is 14.8 Å². The molecule has 18 heavy (non-hydrogen) atoms. The molecule has 0 aliphatic carbocycles. The molecule has 0 fully saturated rings. The van der Waals surface area contributed by atoms with Crippen molar-refractivity contribution in [3.63, 3.8) is 0 Å². The Hall–Kier alpha value is -1.07. The maximum absolute atomic E-state index is 13.5. The molecule has 0 saturated carbocycles. The van der Waals surface area contributed by atoms with Crippen molar-refractivity contribution in [3.05, 3.63) is 24.0 Å². The van der Waals surface area contributed by atoms with Gasteiger partial charge in [0.2, 0.25) is 0 Å². The van der Waals surface area contributed by atoms with Crippen LogP contribution in [0.2, 0.25) is 0 Å². The van der Waals surface area contributed by atoms with Crippen LogP contribution >= 0.6 is 0 Å². The minimum atomic E-state index is -1.65. The smallest absolute Gasteiger partial charge is 0.488 e. The minimum Gasteiger partial charge on any atom is -0.491 e. The highest BCUT2D eigenvalue weighted by molar-refractivity contribution is 6.58. The van der Waals surface area contributed by atoms with E-state index in [1.807, 2.05) is 0 Å². The van der Waals surface area contributed by atoms with Gasteiger partial charge in [-0.05, 0) is 24.0 Å². The summed E-state index contributed by atoms with van der Waals surface area (Å²) in [6, 6.07) is 3.95. The molecule has 3 nitrogen and oxygen atoms in total. The van der Waals surface area contributed by atoms with Crippen molar-refractivity contribution in [2.75, 3.05) is 6.61 Å². The zero-order chi connectivity index (χ0) is 13.4. The third-order valence-corrected chi connectivity index (χ3v) is 2.76. The Morgan fingerprint density at radius 1 is 1.17 bits per heavy atom. The van der Waals surface area contributed by atoms with Gasteiger partial charge in [-0.2, -0.15) is 0 Å². The maximum Gasteiger partial charge on any atom is 0.488 e. The Balaban J connectivity index is 2.34. The lowest BCUT2D eigenvalue weighted by molar-refractivity contribution is 0.290. The molecule has 0 radical (unpaired) electrons. The molecule has 1 rings (SSSR count). The zero-order valence-corrected chi connectivity index (χ0v) is 10.7. The molecule has 0 saturated heterocycles. The Morgan fingerprint density at radius 3 is 2.50 bits per heavy atom. The lowest BCUT2D eigenvalue weighted by atomic mass is 9.80. The lowest BCUT2D eigenvalue weighted by Crippen LogP contribution is -2.30. The van der Waals surface area contributed by atoms with Gasteiger partial charge in [0.25, 0.3) is 0 Å². The lowest BCUT2D eigenvalue weighted by Gasteiger charge is -2.08. The fraction of sp³-hybridized carbons (Fsp3) is 0.538. The molecule has 1 aromatic rings. The van der Waals surface area contributed by atoms with Crippen LogP contribution in [0.15, 0.2) is 18.2 Å². The second-order valence-electron chi connectivity index (χ2n) is 4.33.